The molecule has 1 aliphatic rings. The summed E-state index contributed by atoms with van der Waals surface area (Å²) in [7, 11) is 1.49. The van der Waals surface area contributed by atoms with Crippen LogP contribution >= 0.6 is 28.3 Å². The molecule has 26 heavy (non-hydrogen) atoms. The number of methoxy groups -OCH3 is 1. The topological polar surface area (TPSA) is 105 Å². The predicted molar refractivity (Wildman–Crippen MR) is 104 cm³/mol. The van der Waals surface area contributed by atoms with Gasteiger partial charge in [-0.25, -0.2) is 5.43 Å². The molecule has 0 amide bonds. The number of aromatic hydroxyl groups is 1. The first-order valence-electron chi connectivity index (χ1n) is 7.56. The molecule has 1 aromatic heterocycles. The van der Waals surface area contributed by atoms with Crippen molar-refractivity contribution < 1.29 is 14.6 Å². The minimum atomic E-state index is 0. The Labute approximate surface area is 165 Å². The largest absolute Gasteiger partial charge is 0.507 e. The summed E-state index contributed by atoms with van der Waals surface area (Å²) in [4.78, 5) is 14.7. The number of phenols is 1. The molecule has 9 nitrogen and oxygen atoms in total. The third-order valence-electron chi connectivity index (χ3n) is 3.44. The lowest BCUT2D eigenvalue weighted by molar-refractivity contribution is 0.122. The number of phenolic OH excluding ortho intramolecular Hbond substituents is 1. The van der Waals surface area contributed by atoms with Crippen molar-refractivity contribution >= 4 is 46.4 Å². The van der Waals surface area contributed by atoms with Gasteiger partial charge in [-0.05, 0) is 18.2 Å². The highest BCUT2D eigenvalue weighted by Crippen LogP contribution is 2.20. The lowest BCUT2D eigenvalue weighted by Crippen LogP contribution is -2.37. The summed E-state index contributed by atoms with van der Waals surface area (Å²) in [6.07, 6.45) is 1.48. The third kappa shape index (κ3) is 5.16. The number of hydrogen-bond donors (Lipinski definition) is 2. The molecule has 1 aliphatic heterocycles. The van der Waals surface area contributed by atoms with Gasteiger partial charge in [0, 0.05) is 23.1 Å². The van der Waals surface area contributed by atoms with E-state index in [-0.39, 0.29) is 30.1 Å². The first-order chi connectivity index (χ1) is 12.2. The van der Waals surface area contributed by atoms with Gasteiger partial charge in [-0.1, -0.05) is 15.9 Å². The Morgan fingerprint density at radius 1 is 1.31 bits per heavy atom. The molecule has 1 saturated heterocycles. The number of benzene rings is 1. The van der Waals surface area contributed by atoms with Crippen molar-refractivity contribution in [1.82, 2.24) is 15.0 Å². The van der Waals surface area contributed by atoms with Crippen molar-refractivity contribution in [2.45, 2.75) is 0 Å². The van der Waals surface area contributed by atoms with E-state index in [9.17, 15) is 5.11 Å². The van der Waals surface area contributed by atoms with Crippen molar-refractivity contribution in [3.05, 3.63) is 28.2 Å². The zero-order chi connectivity index (χ0) is 17.6. The fraction of sp³-hybridized carbons (Fsp3) is 0.333. The lowest BCUT2D eigenvalue weighted by Gasteiger charge is -2.26. The summed E-state index contributed by atoms with van der Waals surface area (Å²) in [5.74, 6) is 0.869. The predicted octanol–water partition coefficient (Wildman–Crippen LogP) is 2.05. The molecule has 0 radical (unpaired) electrons. The summed E-state index contributed by atoms with van der Waals surface area (Å²) >= 11 is 3.35. The van der Waals surface area contributed by atoms with Gasteiger partial charge in [-0.3, -0.25) is 0 Å². The van der Waals surface area contributed by atoms with E-state index in [0.29, 0.717) is 37.8 Å². The Kier molecular flexibility index (Phi) is 7.37. The van der Waals surface area contributed by atoms with Crippen molar-refractivity contribution in [1.29, 1.82) is 0 Å². The molecule has 0 aliphatic carbocycles. The van der Waals surface area contributed by atoms with Crippen LogP contribution in [-0.4, -0.2) is 59.7 Å². The van der Waals surface area contributed by atoms with Crippen LogP contribution < -0.4 is 15.1 Å². The van der Waals surface area contributed by atoms with Crippen LogP contribution in [0.15, 0.2) is 27.8 Å². The fourth-order valence-corrected chi connectivity index (χ4v) is 2.56. The number of anilines is 2. The second-order valence-corrected chi connectivity index (χ2v) is 6.03. The quantitative estimate of drug-likeness (QED) is 0.532. The Hall–Kier alpha value is -2.17. The number of aromatic nitrogens is 3. The maximum atomic E-state index is 9.81. The van der Waals surface area contributed by atoms with Gasteiger partial charge in [-0.15, -0.1) is 12.4 Å². The normalized spacial score (nSPS) is 14.2. The van der Waals surface area contributed by atoms with Gasteiger partial charge in [0.05, 0.1) is 26.5 Å². The average Bonchev–Trinajstić information content (AvgIpc) is 2.65. The van der Waals surface area contributed by atoms with Crippen LogP contribution in [0.2, 0.25) is 0 Å². The zero-order valence-corrected chi connectivity index (χ0v) is 16.3. The van der Waals surface area contributed by atoms with Crippen molar-refractivity contribution in [3.8, 4) is 11.8 Å². The van der Waals surface area contributed by atoms with Crippen molar-refractivity contribution in [3.63, 3.8) is 0 Å². The summed E-state index contributed by atoms with van der Waals surface area (Å²) in [5.41, 5.74) is 3.29. The molecule has 0 saturated carbocycles. The van der Waals surface area contributed by atoms with E-state index in [2.05, 4.69) is 41.4 Å². The Morgan fingerprint density at radius 3 is 2.81 bits per heavy atom. The maximum absolute atomic E-state index is 9.81. The molecule has 0 atom stereocenters. The van der Waals surface area contributed by atoms with E-state index < -0.39 is 0 Å². The number of rotatable bonds is 5. The molecular weight excluding hydrogens is 428 g/mol. The number of nitrogens with zero attached hydrogens (tertiary/aromatic N) is 5. The summed E-state index contributed by atoms with van der Waals surface area (Å²) in [5, 5.41) is 13.9. The second kappa shape index (κ2) is 9.51. The molecule has 2 aromatic rings. The van der Waals surface area contributed by atoms with Gasteiger partial charge in [0.15, 0.2) is 0 Å². The second-order valence-electron chi connectivity index (χ2n) is 5.12. The summed E-state index contributed by atoms with van der Waals surface area (Å²) < 4.78 is 11.3. The highest BCUT2D eigenvalue weighted by Gasteiger charge is 2.16. The highest BCUT2D eigenvalue weighted by molar-refractivity contribution is 9.10. The Morgan fingerprint density at radius 2 is 2.08 bits per heavy atom. The average molecular weight is 446 g/mol. The molecule has 2 N–H and O–H groups in total. The standard InChI is InChI=1S/C15H17BrN6O3.ClH/c1-24-15-19-13(18-14(20-15)22-4-6-25-7-5-22)21-17-9-10-8-11(16)2-3-12(10)23;/h2-3,8-9,23H,4-7H2,1H3,(H,18,19,20,21);1H/b17-9+;. The fourth-order valence-electron chi connectivity index (χ4n) is 2.18. The van der Waals surface area contributed by atoms with Crippen LogP contribution in [0.5, 0.6) is 11.8 Å². The van der Waals surface area contributed by atoms with E-state index in [4.69, 9.17) is 9.47 Å². The van der Waals surface area contributed by atoms with E-state index in [1.165, 1.54) is 13.3 Å². The van der Waals surface area contributed by atoms with Crippen LogP contribution in [0.1, 0.15) is 5.56 Å². The number of ether oxygens (including phenoxy) is 2. The van der Waals surface area contributed by atoms with Gasteiger partial charge >= 0.3 is 6.01 Å². The van der Waals surface area contributed by atoms with Crippen molar-refractivity contribution in [2.75, 3.05) is 43.7 Å². The molecule has 1 fully saturated rings. The molecule has 3 rings (SSSR count). The minimum absolute atomic E-state index is 0. The summed E-state index contributed by atoms with van der Waals surface area (Å²) in [6.45, 7) is 2.64. The molecule has 1 aromatic carbocycles. The number of morpholine rings is 1. The number of halogens is 2. The van der Waals surface area contributed by atoms with Crippen LogP contribution in [0.25, 0.3) is 0 Å². The van der Waals surface area contributed by atoms with E-state index in [0.717, 1.165) is 4.47 Å². The van der Waals surface area contributed by atoms with Crippen LogP contribution in [0, 0.1) is 0 Å². The lowest BCUT2D eigenvalue weighted by atomic mass is 10.2. The molecule has 11 heteroatoms. The van der Waals surface area contributed by atoms with Crippen LogP contribution in [-0.2, 0) is 4.74 Å². The minimum Gasteiger partial charge on any atom is -0.507 e. The van der Waals surface area contributed by atoms with Gasteiger partial charge in [0.1, 0.15) is 5.75 Å². The first kappa shape index (κ1) is 20.1. The molecule has 140 valence electrons. The van der Waals surface area contributed by atoms with Gasteiger partial charge in [0.25, 0.3) is 5.95 Å². The zero-order valence-electron chi connectivity index (χ0n) is 13.9. The smallest absolute Gasteiger partial charge is 0.322 e. The van der Waals surface area contributed by atoms with Crippen molar-refractivity contribution in [2.24, 2.45) is 5.10 Å². The molecule has 0 unspecified atom stereocenters. The molecule has 0 bridgehead atoms. The van der Waals surface area contributed by atoms with Gasteiger partial charge < -0.3 is 19.5 Å². The van der Waals surface area contributed by atoms with Gasteiger partial charge in [0.2, 0.25) is 5.95 Å². The van der Waals surface area contributed by atoms with E-state index in [1.807, 2.05) is 4.90 Å². The molecule has 0 spiro atoms. The Bertz CT molecular complexity index is 773. The number of hydrazone groups is 1. The van der Waals surface area contributed by atoms with Crippen LogP contribution in [0.4, 0.5) is 11.9 Å². The van der Waals surface area contributed by atoms with Crippen LogP contribution in [0.3, 0.4) is 0 Å². The Balaban J connectivity index is 0.00000243. The van der Waals surface area contributed by atoms with E-state index >= 15 is 0 Å². The highest BCUT2D eigenvalue weighted by atomic mass is 79.9. The molecule has 2 heterocycles. The summed E-state index contributed by atoms with van der Waals surface area (Å²) in [6, 6.07) is 5.26. The molecular formula is C15H18BrClN6O3. The van der Waals surface area contributed by atoms with Gasteiger partial charge in [-0.2, -0.15) is 20.1 Å². The third-order valence-corrected chi connectivity index (χ3v) is 3.93. The number of hydrogen-bond acceptors (Lipinski definition) is 9. The van der Waals surface area contributed by atoms with E-state index in [1.54, 1.807) is 18.2 Å². The maximum Gasteiger partial charge on any atom is 0.322 e. The monoisotopic (exact) mass is 444 g/mol. The first-order valence-corrected chi connectivity index (χ1v) is 8.35. The SMILES string of the molecule is COc1nc(N/N=C/c2cc(Br)ccc2O)nc(N2CCOCC2)n1.Cl. The number of nitrogens with one attached hydrogen (secondary N) is 1.